The van der Waals surface area contributed by atoms with E-state index in [-0.39, 0.29) is 18.3 Å². The Hall–Kier alpha value is -0.640. The van der Waals surface area contributed by atoms with E-state index in [0.29, 0.717) is 19.4 Å². The summed E-state index contributed by atoms with van der Waals surface area (Å²) in [5, 5.41) is 0. The number of hydrogen-bond donors (Lipinski definition) is 0. The number of ether oxygens (including phenoxy) is 1. The lowest BCUT2D eigenvalue weighted by Gasteiger charge is -2.36. The molecule has 0 aromatic heterocycles. The summed E-state index contributed by atoms with van der Waals surface area (Å²) in [4.78, 5) is 0. The van der Waals surface area contributed by atoms with Crippen LogP contribution in [-0.2, 0) is 5.41 Å². The monoisotopic (exact) mass is 302 g/mol. The maximum Gasteiger partial charge on any atom is 0.248 e. The summed E-state index contributed by atoms with van der Waals surface area (Å²) in [6, 6.07) is 5.86. The van der Waals surface area contributed by atoms with E-state index < -0.39 is 5.92 Å². The summed E-state index contributed by atoms with van der Waals surface area (Å²) in [5.74, 6) is -1.63. The Morgan fingerprint density at radius 1 is 1.12 bits per heavy atom. The highest BCUT2D eigenvalue weighted by Gasteiger charge is 2.48. The molecule has 1 nitrogen and oxygen atoms in total. The van der Waals surface area contributed by atoms with Gasteiger partial charge in [-0.25, -0.2) is 8.78 Å². The number of alkyl halides is 2. The number of rotatable bonds is 0. The zero-order valence-electron chi connectivity index (χ0n) is 9.31. The van der Waals surface area contributed by atoms with Crippen LogP contribution in [-0.4, -0.2) is 12.5 Å². The van der Waals surface area contributed by atoms with Gasteiger partial charge in [0.05, 0.1) is 6.61 Å². The molecule has 1 aliphatic heterocycles. The fourth-order valence-electron chi connectivity index (χ4n) is 2.84. The average Bonchev–Trinajstić information content (AvgIpc) is 2.63. The SMILES string of the molecule is FC1(F)CCC2(CC1)COc1ccc(Br)cc12. The Morgan fingerprint density at radius 3 is 2.53 bits per heavy atom. The zero-order valence-corrected chi connectivity index (χ0v) is 10.9. The molecular formula is C13H13BrF2O. The minimum Gasteiger partial charge on any atom is -0.492 e. The lowest BCUT2D eigenvalue weighted by molar-refractivity contribution is -0.0539. The largest absolute Gasteiger partial charge is 0.492 e. The second-order valence-corrected chi connectivity index (χ2v) is 5.98. The first kappa shape index (κ1) is 11.5. The van der Waals surface area contributed by atoms with Crippen LogP contribution in [0.25, 0.3) is 0 Å². The summed E-state index contributed by atoms with van der Waals surface area (Å²) in [6.07, 6.45) is 0.984. The van der Waals surface area contributed by atoms with Gasteiger partial charge in [-0.1, -0.05) is 15.9 Å². The maximum absolute atomic E-state index is 13.2. The highest BCUT2D eigenvalue weighted by Crippen LogP contribution is 2.51. The number of fused-ring (bicyclic) bond motifs is 2. The molecule has 0 bridgehead atoms. The van der Waals surface area contributed by atoms with Crippen molar-refractivity contribution in [3.8, 4) is 5.75 Å². The second kappa shape index (κ2) is 3.67. The van der Waals surface area contributed by atoms with E-state index in [9.17, 15) is 8.78 Å². The van der Waals surface area contributed by atoms with Gasteiger partial charge < -0.3 is 4.74 Å². The minimum atomic E-state index is -2.49. The molecule has 0 amide bonds. The first-order chi connectivity index (χ1) is 8.01. The van der Waals surface area contributed by atoms with Crippen molar-refractivity contribution in [2.24, 2.45) is 0 Å². The molecule has 2 aliphatic rings. The van der Waals surface area contributed by atoms with E-state index in [0.717, 1.165) is 15.8 Å². The summed E-state index contributed by atoms with van der Waals surface area (Å²) < 4.78 is 33.1. The molecule has 1 heterocycles. The van der Waals surface area contributed by atoms with E-state index >= 15 is 0 Å². The molecule has 0 saturated heterocycles. The van der Waals surface area contributed by atoms with Gasteiger partial charge in [0.25, 0.3) is 0 Å². The Balaban J connectivity index is 1.95. The molecule has 92 valence electrons. The summed E-state index contributed by atoms with van der Waals surface area (Å²) >= 11 is 3.43. The van der Waals surface area contributed by atoms with Crippen molar-refractivity contribution in [1.82, 2.24) is 0 Å². The highest BCUT2D eigenvalue weighted by molar-refractivity contribution is 9.10. The summed E-state index contributed by atoms with van der Waals surface area (Å²) in [5.41, 5.74) is 0.920. The highest BCUT2D eigenvalue weighted by atomic mass is 79.9. The van der Waals surface area contributed by atoms with Crippen molar-refractivity contribution in [3.05, 3.63) is 28.2 Å². The molecule has 0 atom stereocenters. The third-order valence-electron chi connectivity index (χ3n) is 3.96. The molecule has 0 N–H and O–H groups in total. The zero-order chi connectivity index (χ0) is 12.1. The number of hydrogen-bond acceptors (Lipinski definition) is 1. The normalized spacial score (nSPS) is 24.4. The van der Waals surface area contributed by atoms with Crippen molar-refractivity contribution < 1.29 is 13.5 Å². The van der Waals surface area contributed by atoms with E-state index in [2.05, 4.69) is 15.9 Å². The van der Waals surface area contributed by atoms with Crippen LogP contribution in [0.4, 0.5) is 8.78 Å². The first-order valence-corrected chi connectivity index (χ1v) is 6.61. The molecule has 1 aliphatic carbocycles. The summed E-state index contributed by atoms with van der Waals surface area (Å²) in [7, 11) is 0. The van der Waals surface area contributed by atoms with Crippen molar-refractivity contribution in [2.75, 3.05) is 6.61 Å². The molecule has 4 heteroatoms. The van der Waals surface area contributed by atoms with Gasteiger partial charge in [-0.05, 0) is 31.0 Å². The molecule has 17 heavy (non-hydrogen) atoms. The van der Waals surface area contributed by atoms with Crippen LogP contribution in [0, 0.1) is 0 Å². The Morgan fingerprint density at radius 2 is 1.82 bits per heavy atom. The minimum absolute atomic E-state index is 0.0255. The molecular weight excluding hydrogens is 290 g/mol. The molecule has 1 aromatic carbocycles. The predicted molar refractivity (Wildman–Crippen MR) is 64.7 cm³/mol. The predicted octanol–water partition coefficient (Wildman–Crippen LogP) is 4.29. The molecule has 1 saturated carbocycles. The van der Waals surface area contributed by atoms with Crippen LogP contribution in [0.5, 0.6) is 5.75 Å². The van der Waals surface area contributed by atoms with E-state index in [1.807, 2.05) is 18.2 Å². The van der Waals surface area contributed by atoms with Gasteiger partial charge in [0.2, 0.25) is 5.92 Å². The van der Waals surface area contributed by atoms with Gasteiger partial charge in [-0.15, -0.1) is 0 Å². The average molecular weight is 303 g/mol. The molecule has 1 fully saturated rings. The standard InChI is InChI=1S/C13H13BrF2O/c14-9-1-2-11-10(7-9)12(8-17-11)3-5-13(15,16)6-4-12/h1-2,7H,3-6,8H2. The van der Waals surface area contributed by atoms with Crippen molar-refractivity contribution in [2.45, 2.75) is 37.0 Å². The van der Waals surface area contributed by atoms with Gasteiger partial charge in [0.15, 0.2) is 0 Å². The third kappa shape index (κ3) is 1.86. The lowest BCUT2D eigenvalue weighted by Crippen LogP contribution is -2.37. The fourth-order valence-corrected chi connectivity index (χ4v) is 3.21. The van der Waals surface area contributed by atoms with Gasteiger partial charge in [0, 0.05) is 28.3 Å². The second-order valence-electron chi connectivity index (χ2n) is 5.07. The van der Waals surface area contributed by atoms with Gasteiger partial charge >= 0.3 is 0 Å². The maximum atomic E-state index is 13.2. The molecule has 1 spiro atoms. The van der Waals surface area contributed by atoms with Crippen LogP contribution >= 0.6 is 15.9 Å². The molecule has 0 unspecified atom stereocenters. The van der Waals surface area contributed by atoms with E-state index in [1.165, 1.54) is 0 Å². The van der Waals surface area contributed by atoms with Crippen LogP contribution in [0.15, 0.2) is 22.7 Å². The Bertz CT molecular complexity index is 449. The van der Waals surface area contributed by atoms with Crippen LogP contribution < -0.4 is 4.74 Å². The smallest absolute Gasteiger partial charge is 0.248 e. The summed E-state index contributed by atoms with van der Waals surface area (Å²) in [6.45, 7) is 0.550. The molecule has 0 radical (unpaired) electrons. The van der Waals surface area contributed by atoms with Gasteiger partial charge in [-0.3, -0.25) is 0 Å². The lowest BCUT2D eigenvalue weighted by atomic mass is 9.70. The first-order valence-electron chi connectivity index (χ1n) is 5.82. The van der Waals surface area contributed by atoms with Crippen LogP contribution in [0.2, 0.25) is 0 Å². The van der Waals surface area contributed by atoms with Gasteiger partial charge in [-0.2, -0.15) is 0 Å². The van der Waals surface area contributed by atoms with Crippen molar-refractivity contribution >= 4 is 15.9 Å². The van der Waals surface area contributed by atoms with E-state index in [4.69, 9.17) is 4.74 Å². The van der Waals surface area contributed by atoms with Crippen molar-refractivity contribution in [3.63, 3.8) is 0 Å². The van der Waals surface area contributed by atoms with E-state index in [1.54, 1.807) is 0 Å². The topological polar surface area (TPSA) is 9.23 Å². The van der Waals surface area contributed by atoms with Crippen LogP contribution in [0.3, 0.4) is 0 Å². The molecule has 3 rings (SSSR count). The Labute approximate surface area is 107 Å². The fraction of sp³-hybridized carbons (Fsp3) is 0.538. The van der Waals surface area contributed by atoms with Crippen LogP contribution in [0.1, 0.15) is 31.2 Å². The third-order valence-corrected chi connectivity index (χ3v) is 4.45. The molecule has 1 aromatic rings. The van der Waals surface area contributed by atoms with Crippen molar-refractivity contribution in [1.29, 1.82) is 0 Å². The Kier molecular flexibility index (Phi) is 2.47. The van der Waals surface area contributed by atoms with Gasteiger partial charge in [0.1, 0.15) is 5.75 Å². The number of halogens is 3. The quantitative estimate of drug-likeness (QED) is 0.695. The number of benzene rings is 1.